The Kier molecular flexibility index (Phi) is 2.97. The van der Waals surface area contributed by atoms with Crippen molar-refractivity contribution in [2.45, 2.75) is 31.7 Å². The standard InChI is InChI=1S/C14H16N6O3/c1-7-9-10(16-6-17-11(9)23-20-7)15-5-8-3-2-4-14(8)12(21)18-13(22)19-14/h6,8H,2-5H2,1H3,(H,15,16,17)(H2,18,19,21,22)/t8-,14-/m1/s1. The molecule has 0 aromatic carbocycles. The van der Waals surface area contributed by atoms with Crippen molar-refractivity contribution < 1.29 is 14.1 Å². The monoisotopic (exact) mass is 316 g/mol. The predicted octanol–water partition coefficient (Wildman–Crippen LogP) is 0.716. The average Bonchev–Trinajstić information content (AvgIpc) is 3.18. The number of nitrogens with zero attached hydrogens (tertiary/aromatic N) is 3. The lowest BCUT2D eigenvalue weighted by atomic mass is 9.87. The van der Waals surface area contributed by atoms with Crippen LogP contribution in [0.2, 0.25) is 0 Å². The smallest absolute Gasteiger partial charge is 0.322 e. The van der Waals surface area contributed by atoms with Gasteiger partial charge in [0, 0.05) is 12.5 Å². The van der Waals surface area contributed by atoms with Crippen molar-refractivity contribution in [3.63, 3.8) is 0 Å². The third-order valence-corrected chi connectivity index (χ3v) is 4.75. The first-order chi connectivity index (χ1) is 11.1. The maximum atomic E-state index is 12.2. The summed E-state index contributed by atoms with van der Waals surface area (Å²) in [7, 11) is 0. The maximum absolute atomic E-state index is 12.2. The number of carbonyl (C=O) groups excluding carboxylic acids is 2. The highest BCUT2D eigenvalue weighted by Gasteiger charge is 2.54. The van der Waals surface area contributed by atoms with Crippen LogP contribution in [-0.2, 0) is 4.79 Å². The molecular weight excluding hydrogens is 300 g/mol. The zero-order chi connectivity index (χ0) is 16.0. The Balaban J connectivity index is 1.57. The molecule has 3 amide bonds. The van der Waals surface area contributed by atoms with Gasteiger partial charge in [-0.1, -0.05) is 11.6 Å². The number of anilines is 1. The fraction of sp³-hybridized carbons (Fsp3) is 0.500. The molecule has 0 unspecified atom stereocenters. The van der Waals surface area contributed by atoms with Crippen LogP contribution in [-0.4, -0.2) is 39.1 Å². The second-order valence-corrected chi connectivity index (χ2v) is 6.02. The van der Waals surface area contributed by atoms with Gasteiger partial charge in [0.05, 0.1) is 5.69 Å². The second kappa shape index (κ2) is 4.90. The molecule has 9 heteroatoms. The lowest BCUT2D eigenvalue weighted by molar-refractivity contribution is -0.125. The second-order valence-electron chi connectivity index (χ2n) is 6.02. The van der Waals surface area contributed by atoms with E-state index in [1.807, 2.05) is 6.92 Å². The molecule has 2 aromatic rings. The van der Waals surface area contributed by atoms with E-state index in [0.717, 1.165) is 18.2 Å². The third kappa shape index (κ3) is 2.03. The van der Waals surface area contributed by atoms with Crippen LogP contribution in [0.15, 0.2) is 10.9 Å². The minimum Gasteiger partial charge on any atom is -0.369 e. The molecule has 3 heterocycles. The number of amides is 3. The highest BCUT2D eigenvalue weighted by atomic mass is 16.5. The van der Waals surface area contributed by atoms with Crippen molar-refractivity contribution in [3.05, 3.63) is 12.0 Å². The van der Waals surface area contributed by atoms with Gasteiger partial charge in [0.15, 0.2) is 0 Å². The van der Waals surface area contributed by atoms with E-state index in [2.05, 4.69) is 31.1 Å². The Morgan fingerprint density at radius 1 is 1.43 bits per heavy atom. The number of aryl methyl sites for hydroxylation is 1. The van der Waals surface area contributed by atoms with Crippen LogP contribution < -0.4 is 16.0 Å². The molecule has 1 aliphatic heterocycles. The van der Waals surface area contributed by atoms with E-state index in [0.29, 0.717) is 30.2 Å². The molecule has 4 rings (SSSR count). The summed E-state index contributed by atoms with van der Waals surface area (Å²) in [5, 5.41) is 13.0. The zero-order valence-corrected chi connectivity index (χ0v) is 12.5. The fourth-order valence-electron chi connectivity index (χ4n) is 3.60. The number of nitrogens with one attached hydrogen (secondary N) is 3. The molecule has 2 fully saturated rings. The third-order valence-electron chi connectivity index (χ3n) is 4.75. The summed E-state index contributed by atoms with van der Waals surface area (Å²) in [5.41, 5.74) is 0.323. The molecule has 0 radical (unpaired) electrons. The van der Waals surface area contributed by atoms with Crippen molar-refractivity contribution in [1.82, 2.24) is 25.8 Å². The summed E-state index contributed by atoms with van der Waals surface area (Å²) in [5.74, 6) is 0.389. The van der Waals surface area contributed by atoms with Gasteiger partial charge in [-0.3, -0.25) is 10.1 Å². The molecule has 0 bridgehead atoms. The minimum atomic E-state index is -0.806. The van der Waals surface area contributed by atoms with E-state index >= 15 is 0 Å². The summed E-state index contributed by atoms with van der Waals surface area (Å²) in [4.78, 5) is 32.0. The largest absolute Gasteiger partial charge is 0.369 e. The molecular formula is C14H16N6O3. The first kappa shape index (κ1) is 13.9. The van der Waals surface area contributed by atoms with Gasteiger partial charge in [-0.25, -0.2) is 9.78 Å². The minimum absolute atomic E-state index is 0.000804. The SMILES string of the molecule is Cc1noc2ncnc(NC[C@H]3CCC[C@@]34NC(=O)NC4=O)c12. The molecule has 1 aliphatic carbocycles. The zero-order valence-electron chi connectivity index (χ0n) is 12.5. The van der Waals surface area contributed by atoms with Crippen molar-refractivity contribution in [2.75, 3.05) is 11.9 Å². The molecule has 1 spiro atoms. The van der Waals surface area contributed by atoms with Crippen LogP contribution in [0.4, 0.5) is 10.6 Å². The van der Waals surface area contributed by atoms with Crippen LogP contribution in [0.25, 0.3) is 11.1 Å². The number of rotatable bonds is 3. The Hall–Kier alpha value is -2.71. The van der Waals surface area contributed by atoms with Crippen LogP contribution in [0.3, 0.4) is 0 Å². The fourth-order valence-corrected chi connectivity index (χ4v) is 3.60. The van der Waals surface area contributed by atoms with Crippen molar-refractivity contribution in [1.29, 1.82) is 0 Å². The number of aromatic nitrogens is 3. The van der Waals surface area contributed by atoms with E-state index < -0.39 is 11.6 Å². The Labute approximate surface area is 131 Å². The number of hydrogen-bond donors (Lipinski definition) is 3. The maximum Gasteiger partial charge on any atom is 0.322 e. The van der Waals surface area contributed by atoms with E-state index in [9.17, 15) is 9.59 Å². The van der Waals surface area contributed by atoms with Gasteiger partial charge < -0.3 is 15.2 Å². The van der Waals surface area contributed by atoms with E-state index in [1.165, 1.54) is 6.33 Å². The molecule has 2 aromatic heterocycles. The lowest BCUT2D eigenvalue weighted by Gasteiger charge is -2.28. The Bertz CT molecular complexity index is 803. The molecule has 1 saturated carbocycles. The van der Waals surface area contributed by atoms with Crippen LogP contribution >= 0.6 is 0 Å². The van der Waals surface area contributed by atoms with Crippen LogP contribution in [0.5, 0.6) is 0 Å². The predicted molar refractivity (Wildman–Crippen MR) is 79.6 cm³/mol. The number of urea groups is 1. The number of fused-ring (bicyclic) bond motifs is 1. The number of carbonyl (C=O) groups is 2. The van der Waals surface area contributed by atoms with Gasteiger partial charge in [0.2, 0.25) is 0 Å². The molecule has 2 atom stereocenters. The topological polar surface area (TPSA) is 122 Å². The Morgan fingerprint density at radius 3 is 3.09 bits per heavy atom. The molecule has 23 heavy (non-hydrogen) atoms. The average molecular weight is 316 g/mol. The summed E-state index contributed by atoms with van der Waals surface area (Å²) >= 11 is 0. The molecule has 3 N–H and O–H groups in total. The summed E-state index contributed by atoms with van der Waals surface area (Å²) in [6, 6.07) is -0.416. The van der Waals surface area contributed by atoms with Crippen molar-refractivity contribution >= 4 is 28.9 Å². The van der Waals surface area contributed by atoms with Gasteiger partial charge in [0.1, 0.15) is 23.1 Å². The molecule has 9 nitrogen and oxygen atoms in total. The quantitative estimate of drug-likeness (QED) is 0.713. The van der Waals surface area contributed by atoms with E-state index in [-0.39, 0.29) is 11.8 Å². The molecule has 120 valence electrons. The van der Waals surface area contributed by atoms with E-state index in [1.54, 1.807) is 0 Å². The number of imide groups is 1. The normalized spacial score (nSPS) is 26.7. The molecule has 2 aliphatic rings. The first-order valence-electron chi connectivity index (χ1n) is 7.54. The van der Waals surface area contributed by atoms with Crippen LogP contribution in [0, 0.1) is 12.8 Å². The molecule has 1 saturated heterocycles. The highest BCUT2D eigenvalue weighted by Crippen LogP contribution is 2.38. The van der Waals surface area contributed by atoms with Crippen molar-refractivity contribution in [2.24, 2.45) is 5.92 Å². The Morgan fingerprint density at radius 2 is 2.30 bits per heavy atom. The van der Waals surface area contributed by atoms with Gasteiger partial charge in [-0.05, 0) is 19.8 Å². The first-order valence-corrected chi connectivity index (χ1v) is 7.54. The van der Waals surface area contributed by atoms with Crippen LogP contribution in [0.1, 0.15) is 25.0 Å². The van der Waals surface area contributed by atoms with Gasteiger partial charge in [-0.15, -0.1) is 0 Å². The van der Waals surface area contributed by atoms with E-state index in [4.69, 9.17) is 4.52 Å². The number of hydrogen-bond acceptors (Lipinski definition) is 7. The van der Waals surface area contributed by atoms with Gasteiger partial charge >= 0.3 is 6.03 Å². The van der Waals surface area contributed by atoms with Crippen molar-refractivity contribution in [3.8, 4) is 0 Å². The highest BCUT2D eigenvalue weighted by molar-refractivity contribution is 6.07. The lowest BCUT2D eigenvalue weighted by Crippen LogP contribution is -2.51. The van der Waals surface area contributed by atoms with Gasteiger partial charge in [-0.2, -0.15) is 4.98 Å². The van der Waals surface area contributed by atoms with Gasteiger partial charge in [0.25, 0.3) is 11.6 Å². The summed E-state index contributed by atoms with van der Waals surface area (Å²) < 4.78 is 5.12. The summed E-state index contributed by atoms with van der Waals surface area (Å²) in [6.45, 7) is 2.34. The summed E-state index contributed by atoms with van der Waals surface area (Å²) in [6.07, 6.45) is 3.81.